The summed E-state index contributed by atoms with van der Waals surface area (Å²) in [5.41, 5.74) is 1.75. The number of ether oxygens (including phenoxy) is 1. The summed E-state index contributed by atoms with van der Waals surface area (Å²) in [5.74, 6) is -3.18. The zero-order valence-electron chi connectivity index (χ0n) is 15.8. The quantitative estimate of drug-likeness (QED) is 0.818. The minimum absolute atomic E-state index is 0.0485. The number of anilines is 1. The topological polar surface area (TPSA) is 58.6 Å². The highest BCUT2D eigenvalue weighted by Gasteiger charge is 2.29. The van der Waals surface area contributed by atoms with E-state index in [1.165, 1.54) is 17.0 Å². The van der Waals surface area contributed by atoms with E-state index in [0.29, 0.717) is 25.9 Å². The van der Waals surface area contributed by atoms with Crippen molar-refractivity contribution in [2.75, 3.05) is 18.4 Å². The maximum absolute atomic E-state index is 13.7. The van der Waals surface area contributed by atoms with Gasteiger partial charge in [-0.3, -0.25) is 9.59 Å². The summed E-state index contributed by atoms with van der Waals surface area (Å²) in [6.07, 6.45) is 1.12. The first kappa shape index (κ1) is 19.8. The fourth-order valence-electron chi connectivity index (χ4n) is 3.25. The van der Waals surface area contributed by atoms with Crippen molar-refractivity contribution < 1.29 is 23.1 Å². The normalized spacial score (nSPS) is 14.6. The number of hydrogen-bond acceptors (Lipinski definition) is 3. The number of likely N-dealkylation sites (tertiary alicyclic amines) is 1. The van der Waals surface area contributed by atoms with Crippen LogP contribution in [0.5, 0.6) is 5.75 Å². The lowest BCUT2D eigenvalue weighted by Crippen LogP contribution is -2.46. The lowest BCUT2D eigenvalue weighted by molar-refractivity contribution is -0.144. The van der Waals surface area contributed by atoms with E-state index in [0.717, 1.165) is 22.9 Å². The highest BCUT2D eigenvalue weighted by molar-refractivity contribution is 6.39. The zero-order chi connectivity index (χ0) is 20.3. The van der Waals surface area contributed by atoms with Crippen molar-refractivity contribution in [3.05, 3.63) is 59.2 Å². The van der Waals surface area contributed by atoms with E-state index in [1.807, 2.05) is 32.0 Å². The SMILES string of the molecule is Cc1cccc(C)c1OC1CCN(C(=O)C(=O)Nc2cccc(F)c2F)CC1. The van der Waals surface area contributed by atoms with Crippen LogP contribution >= 0.6 is 0 Å². The first-order valence-corrected chi connectivity index (χ1v) is 9.14. The summed E-state index contributed by atoms with van der Waals surface area (Å²) < 4.78 is 33.0. The van der Waals surface area contributed by atoms with Crippen molar-refractivity contribution in [3.8, 4) is 5.75 Å². The Bertz CT molecular complexity index is 873. The fourth-order valence-corrected chi connectivity index (χ4v) is 3.25. The van der Waals surface area contributed by atoms with Crippen LogP contribution in [0.1, 0.15) is 24.0 Å². The number of carbonyl (C=O) groups is 2. The number of para-hydroxylation sites is 1. The zero-order valence-corrected chi connectivity index (χ0v) is 15.8. The Morgan fingerprint density at radius 2 is 1.64 bits per heavy atom. The van der Waals surface area contributed by atoms with E-state index in [2.05, 4.69) is 5.32 Å². The molecule has 1 aliphatic heterocycles. The largest absolute Gasteiger partial charge is 0.490 e. The van der Waals surface area contributed by atoms with Crippen molar-refractivity contribution in [2.24, 2.45) is 0 Å². The Hall–Kier alpha value is -2.96. The molecule has 0 atom stereocenters. The Balaban J connectivity index is 1.56. The van der Waals surface area contributed by atoms with Crippen LogP contribution in [-0.2, 0) is 9.59 Å². The fraction of sp³-hybridized carbons (Fsp3) is 0.333. The molecule has 1 N–H and O–H groups in total. The summed E-state index contributed by atoms with van der Waals surface area (Å²) in [7, 11) is 0. The van der Waals surface area contributed by atoms with Gasteiger partial charge in [0.2, 0.25) is 0 Å². The van der Waals surface area contributed by atoms with Gasteiger partial charge in [0.25, 0.3) is 0 Å². The maximum Gasteiger partial charge on any atom is 0.313 e. The van der Waals surface area contributed by atoms with Gasteiger partial charge in [-0.15, -0.1) is 0 Å². The molecular formula is C21H22F2N2O3. The second-order valence-corrected chi connectivity index (χ2v) is 6.89. The molecular weight excluding hydrogens is 366 g/mol. The summed E-state index contributed by atoms with van der Waals surface area (Å²) in [6, 6.07) is 9.34. The van der Waals surface area contributed by atoms with E-state index in [-0.39, 0.29) is 11.8 Å². The summed E-state index contributed by atoms with van der Waals surface area (Å²) in [5, 5.41) is 2.14. The smallest absolute Gasteiger partial charge is 0.313 e. The van der Waals surface area contributed by atoms with Crippen LogP contribution in [0, 0.1) is 25.5 Å². The molecule has 0 radical (unpaired) electrons. The highest BCUT2D eigenvalue weighted by atomic mass is 19.2. The van der Waals surface area contributed by atoms with Crippen LogP contribution in [-0.4, -0.2) is 35.9 Å². The molecule has 28 heavy (non-hydrogen) atoms. The third kappa shape index (κ3) is 4.30. The number of nitrogens with one attached hydrogen (secondary N) is 1. The van der Waals surface area contributed by atoms with Crippen LogP contribution < -0.4 is 10.1 Å². The standard InChI is InChI=1S/C21H22F2N2O3/c1-13-5-3-6-14(2)19(13)28-15-9-11-25(12-10-15)21(27)20(26)24-17-8-4-7-16(22)18(17)23/h3-8,15H,9-12H2,1-2H3,(H,24,26). The molecule has 148 valence electrons. The Kier molecular flexibility index (Phi) is 5.92. The van der Waals surface area contributed by atoms with Gasteiger partial charge in [-0.05, 0) is 37.1 Å². The minimum Gasteiger partial charge on any atom is -0.490 e. The summed E-state index contributed by atoms with van der Waals surface area (Å²) in [4.78, 5) is 25.8. The van der Waals surface area contributed by atoms with Crippen LogP contribution in [0.3, 0.4) is 0 Å². The van der Waals surface area contributed by atoms with Gasteiger partial charge < -0.3 is 15.0 Å². The average Bonchev–Trinajstić information content (AvgIpc) is 2.68. The second-order valence-electron chi connectivity index (χ2n) is 6.89. The number of amides is 2. The van der Waals surface area contributed by atoms with Crippen molar-refractivity contribution >= 4 is 17.5 Å². The van der Waals surface area contributed by atoms with E-state index in [1.54, 1.807) is 0 Å². The summed E-state index contributed by atoms with van der Waals surface area (Å²) in [6.45, 7) is 4.68. The van der Waals surface area contributed by atoms with Crippen LogP contribution in [0.4, 0.5) is 14.5 Å². The number of hydrogen-bond donors (Lipinski definition) is 1. The molecule has 5 nitrogen and oxygen atoms in total. The molecule has 1 fully saturated rings. The van der Waals surface area contributed by atoms with Crippen molar-refractivity contribution in [1.82, 2.24) is 4.90 Å². The third-order valence-corrected chi connectivity index (χ3v) is 4.82. The van der Waals surface area contributed by atoms with E-state index in [9.17, 15) is 18.4 Å². The van der Waals surface area contributed by atoms with Crippen molar-refractivity contribution in [1.29, 1.82) is 0 Å². The van der Waals surface area contributed by atoms with E-state index < -0.39 is 23.4 Å². The van der Waals surface area contributed by atoms with Gasteiger partial charge in [0, 0.05) is 25.9 Å². The first-order chi connectivity index (χ1) is 13.4. The van der Waals surface area contributed by atoms with Gasteiger partial charge in [0.05, 0.1) is 5.69 Å². The molecule has 2 aromatic rings. The predicted molar refractivity (Wildman–Crippen MR) is 101 cm³/mol. The van der Waals surface area contributed by atoms with Gasteiger partial charge in [0.1, 0.15) is 11.9 Å². The van der Waals surface area contributed by atoms with E-state index in [4.69, 9.17) is 4.74 Å². The van der Waals surface area contributed by atoms with Crippen molar-refractivity contribution in [2.45, 2.75) is 32.8 Å². The van der Waals surface area contributed by atoms with Crippen molar-refractivity contribution in [3.63, 3.8) is 0 Å². The molecule has 1 heterocycles. The summed E-state index contributed by atoms with van der Waals surface area (Å²) >= 11 is 0. The number of aryl methyl sites for hydroxylation is 2. The molecule has 2 aromatic carbocycles. The molecule has 0 bridgehead atoms. The molecule has 1 aliphatic rings. The number of rotatable bonds is 3. The second kappa shape index (κ2) is 8.37. The monoisotopic (exact) mass is 388 g/mol. The molecule has 2 amide bonds. The lowest BCUT2D eigenvalue weighted by atomic mass is 10.1. The van der Waals surface area contributed by atoms with Gasteiger partial charge in [-0.1, -0.05) is 24.3 Å². The molecule has 0 saturated carbocycles. The molecule has 3 rings (SSSR count). The van der Waals surface area contributed by atoms with Gasteiger partial charge in [-0.25, -0.2) is 8.78 Å². The maximum atomic E-state index is 13.7. The number of piperidine rings is 1. The van der Waals surface area contributed by atoms with Crippen LogP contribution in [0.15, 0.2) is 36.4 Å². The Morgan fingerprint density at radius 3 is 2.29 bits per heavy atom. The molecule has 0 aromatic heterocycles. The average molecular weight is 388 g/mol. The minimum atomic E-state index is -1.19. The van der Waals surface area contributed by atoms with Crippen LogP contribution in [0.25, 0.3) is 0 Å². The Labute approximate surface area is 162 Å². The van der Waals surface area contributed by atoms with Gasteiger partial charge >= 0.3 is 11.8 Å². The number of halogens is 2. The number of carbonyl (C=O) groups excluding carboxylic acids is 2. The third-order valence-electron chi connectivity index (χ3n) is 4.82. The lowest BCUT2D eigenvalue weighted by Gasteiger charge is -2.32. The first-order valence-electron chi connectivity index (χ1n) is 9.14. The molecule has 0 unspecified atom stereocenters. The molecule has 0 aliphatic carbocycles. The van der Waals surface area contributed by atoms with E-state index >= 15 is 0 Å². The molecule has 1 saturated heterocycles. The van der Waals surface area contributed by atoms with Gasteiger partial charge in [0.15, 0.2) is 11.6 Å². The molecule has 0 spiro atoms. The number of benzene rings is 2. The highest BCUT2D eigenvalue weighted by Crippen LogP contribution is 2.26. The van der Waals surface area contributed by atoms with Crippen LogP contribution in [0.2, 0.25) is 0 Å². The predicted octanol–water partition coefficient (Wildman–Crippen LogP) is 3.59. The van der Waals surface area contributed by atoms with Gasteiger partial charge in [-0.2, -0.15) is 0 Å². The molecule has 7 heteroatoms. The Morgan fingerprint density at radius 1 is 1.04 bits per heavy atom. The number of nitrogens with zero attached hydrogens (tertiary/aromatic N) is 1.